The van der Waals surface area contributed by atoms with E-state index >= 15 is 0 Å². The molecule has 0 fully saturated rings. The smallest absolute Gasteiger partial charge is 0.160 e. The lowest BCUT2D eigenvalue weighted by Gasteiger charge is -2.23. The number of benzene rings is 9. The molecule has 1 aromatic heterocycles. The second kappa shape index (κ2) is 13.9. The van der Waals surface area contributed by atoms with E-state index in [2.05, 4.69) is 220 Å². The van der Waals surface area contributed by atoms with E-state index in [-0.39, 0.29) is 5.41 Å². The molecule has 10 aromatic rings. The molecule has 0 atom stereocenters. The molecule has 0 bridgehead atoms. The summed E-state index contributed by atoms with van der Waals surface area (Å²) in [4.78, 5) is 11.1. The van der Waals surface area contributed by atoms with Crippen LogP contribution in [0.15, 0.2) is 206 Å². The third-order valence-electron chi connectivity index (χ3n) is 12.2. The van der Waals surface area contributed by atoms with Crippen LogP contribution in [0.3, 0.4) is 0 Å². The van der Waals surface area contributed by atoms with Crippen molar-refractivity contribution in [2.75, 3.05) is 0 Å². The van der Waals surface area contributed by atoms with Crippen molar-refractivity contribution in [2.45, 2.75) is 19.3 Å². The molecule has 11 rings (SSSR count). The molecule has 0 saturated carbocycles. The zero-order valence-electron chi connectivity index (χ0n) is 33.0. The van der Waals surface area contributed by atoms with Crippen molar-refractivity contribution in [1.29, 1.82) is 0 Å². The SMILES string of the molecule is CC1(C)c2nc(-c3cccc(-c4cccc(-c5cc(-c6ccccc6)cc(-c6ccccc6)c5)c4)c3)nc(-c3ccccc3)c2-c2c1c1ccccc1c1ccccc21. The van der Waals surface area contributed by atoms with Crippen LogP contribution in [0, 0.1) is 0 Å². The summed E-state index contributed by atoms with van der Waals surface area (Å²) in [5, 5.41) is 5.05. The summed E-state index contributed by atoms with van der Waals surface area (Å²) in [5.74, 6) is 0.734. The van der Waals surface area contributed by atoms with Crippen molar-refractivity contribution in [3.05, 3.63) is 218 Å². The highest BCUT2D eigenvalue weighted by atomic mass is 14.9. The van der Waals surface area contributed by atoms with Gasteiger partial charge < -0.3 is 0 Å². The van der Waals surface area contributed by atoms with Gasteiger partial charge in [-0.2, -0.15) is 0 Å². The predicted molar refractivity (Wildman–Crippen MR) is 247 cm³/mol. The fourth-order valence-corrected chi connectivity index (χ4v) is 9.36. The van der Waals surface area contributed by atoms with Crippen molar-refractivity contribution >= 4 is 21.5 Å². The highest BCUT2D eigenvalue weighted by molar-refractivity contribution is 6.19. The molecule has 0 amide bonds. The largest absolute Gasteiger partial charge is 0.231 e. The van der Waals surface area contributed by atoms with Gasteiger partial charge in [0, 0.05) is 22.1 Å². The van der Waals surface area contributed by atoms with E-state index < -0.39 is 0 Å². The normalized spacial score (nSPS) is 12.7. The maximum Gasteiger partial charge on any atom is 0.160 e. The Balaban J connectivity index is 1.06. The Morgan fingerprint density at radius 3 is 1.27 bits per heavy atom. The van der Waals surface area contributed by atoms with Gasteiger partial charge in [-0.05, 0) is 108 Å². The molecule has 0 saturated heterocycles. The lowest BCUT2D eigenvalue weighted by Crippen LogP contribution is -2.18. The summed E-state index contributed by atoms with van der Waals surface area (Å²) in [6, 6.07) is 74.2. The second-order valence-corrected chi connectivity index (χ2v) is 16.1. The topological polar surface area (TPSA) is 25.8 Å². The molecule has 1 heterocycles. The number of hydrogen-bond donors (Lipinski definition) is 0. The summed E-state index contributed by atoms with van der Waals surface area (Å²) in [6.07, 6.45) is 0. The van der Waals surface area contributed by atoms with E-state index in [1.165, 1.54) is 66.1 Å². The quantitative estimate of drug-likeness (QED) is 0.158. The van der Waals surface area contributed by atoms with Gasteiger partial charge in [0.15, 0.2) is 5.82 Å². The van der Waals surface area contributed by atoms with Gasteiger partial charge >= 0.3 is 0 Å². The molecule has 9 aromatic carbocycles. The van der Waals surface area contributed by atoms with E-state index in [0.717, 1.165) is 45.0 Å². The molecule has 2 nitrogen and oxygen atoms in total. The Bertz CT molecular complexity index is 3160. The van der Waals surface area contributed by atoms with Crippen molar-refractivity contribution in [1.82, 2.24) is 9.97 Å². The van der Waals surface area contributed by atoms with E-state index in [4.69, 9.17) is 9.97 Å². The van der Waals surface area contributed by atoms with Crippen LogP contribution >= 0.6 is 0 Å². The fraction of sp³-hybridized carbons (Fsp3) is 0.0526. The average molecular weight is 753 g/mol. The lowest BCUT2D eigenvalue weighted by atomic mass is 9.81. The van der Waals surface area contributed by atoms with Crippen molar-refractivity contribution in [3.8, 4) is 78.3 Å². The summed E-state index contributed by atoms with van der Waals surface area (Å²) in [6.45, 7) is 4.67. The van der Waals surface area contributed by atoms with Gasteiger partial charge in [0.05, 0.1) is 11.4 Å². The molecule has 1 aliphatic carbocycles. The monoisotopic (exact) mass is 752 g/mol. The molecular formula is C57H40N2. The Morgan fingerprint density at radius 2 is 0.695 bits per heavy atom. The predicted octanol–water partition coefficient (Wildman–Crippen LogP) is 15.1. The van der Waals surface area contributed by atoms with Gasteiger partial charge in [-0.1, -0.05) is 190 Å². The van der Waals surface area contributed by atoms with Gasteiger partial charge in [-0.25, -0.2) is 9.97 Å². The Kier molecular flexibility index (Phi) is 8.20. The van der Waals surface area contributed by atoms with Gasteiger partial charge in [-0.15, -0.1) is 0 Å². The molecule has 0 aliphatic heterocycles. The molecule has 2 heteroatoms. The highest BCUT2D eigenvalue weighted by Crippen LogP contribution is 2.56. The van der Waals surface area contributed by atoms with Crippen LogP contribution in [-0.2, 0) is 5.41 Å². The third kappa shape index (κ3) is 5.87. The van der Waals surface area contributed by atoms with Crippen molar-refractivity contribution < 1.29 is 0 Å². The van der Waals surface area contributed by atoms with E-state index in [1.54, 1.807) is 0 Å². The zero-order chi connectivity index (χ0) is 39.5. The van der Waals surface area contributed by atoms with E-state index in [9.17, 15) is 0 Å². The summed E-state index contributed by atoms with van der Waals surface area (Å²) in [7, 11) is 0. The first-order chi connectivity index (χ1) is 29.0. The van der Waals surface area contributed by atoms with Gasteiger partial charge in [0.1, 0.15) is 0 Å². The minimum absolute atomic E-state index is 0.367. The number of nitrogens with zero attached hydrogens (tertiary/aromatic N) is 2. The Labute approximate surface area is 345 Å². The van der Waals surface area contributed by atoms with Crippen LogP contribution in [-0.4, -0.2) is 9.97 Å². The van der Waals surface area contributed by atoms with Crippen LogP contribution < -0.4 is 0 Å². The number of aromatic nitrogens is 2. The summed E-state index contributed by atoms with van der Waals surface area (Å²) >= 11 is 0. The molecule has 0 spiro atoms. The lowest BCUT2D eigenvalue weighted by molar-refractivity contribution is 0.641. The molecule has 0 unspecified atom stereocenters. The summed E-state index contributed by atoms with van der Waals surface area (Å²) in [5.41, 5.74) is 16.9. The van der Waals surface area contributed by atoms with Crippen LogP contribution in [0.25, 0.3) is 99.8 Å². The minimum atomic E-state index is -0.367. The van der Waals surface area contributed by atoms with Gasteiger partial charge in [-0.3, -0.25) is 0 Å². The third-order valence-corrected chi connectivity index (χ3v) is 12.2. The Hall–Kier alpha value is -7.42. The first-order valence-electron chi connectivity index (χ1n) is 20.4. The summed E-state index contributed by atoms with van der Waals surface area (Å²) < 4.78 is 0. The molecule has 0 N–H and O–H groups in total. The van der Waals surface area contributed by atoms with Crippen molar-refractivity contribution in [2.24, 2.45) is 0 Å². The first-order valence-corrected chi connectivity index (χ1v) is 20.4. The minimum Gasteiger partial charge on any atom is -0.231 e. The molecule has 59 heavy (non-hydrogen) atoms. The fourth-order valence-electron chi connectivity index (χ4n) is 9.36. The van der Waals surface area contributed by atoms with Crippen LogP contribution in [0.1, 0.15) is 25.1 Å². The van der Waals surface area contributed by atoms with Gasteiger partial charge in [0.2, 0.25) is 0 Å². The highest BCUT2D eigenvalue weighted by Gasteiger charge is 2.42. The number of hydrogen-bond acceptors (Lipinski definition) is 2. The molecule has 1 aliphatic rings. The standard InChI is InChI=1S/C57H40N2/c1-57(2)53-50-31-15-13-29-48(50)47-28-12-14-30-49(47)51(53)52-54(39-22-10-5-11-23-39)58-56(59-55(52)57)43-27-17-25-41(33-43)40-24-16-26-42(32-40)46-35-44(37-18-6-3-7-19-37)34-45(36-46)38-20-8-4-9-21-38/h3-36H,1-2H3. The first kappa shape index (κ1) is 34.8. The second-order valence-electron chi connectivity index (χ2n) is 16.1. The van der Waals surface area contributed by atoms with Crippen LogP contribution in [0.5, 0.6) is 0 Å². The zero-order valence-corrected chi connectivity index (χ0v) is 33.0. The molecule has 0 radical (unpaired) electrons. The molecule has 278 valence electrons. The van der Waals surface area contributed by atoms with Gasteiger partial charge in [0.25, 0.3) is 0 Å². The Morgan fingerprint density at radius 1 is 0.305 bits per heavy atom. The maximum absolute atomic E-state index is 5.56. The van der Waals surface area contributed by atoms with Crippen molar-refractivity contribution in [3.63, 3.8) is 0 Å². The number of fused-ring (bicyclic) bond motifs is 8. The van der Waals surface area contributed by atoms with E-state index in [0.29, 0.717) is 0 Å². The van der Waals surface area contributed by atoms with Crippen LogP contribution in [0.2, 0.25) is 0 Å². The molecular weight excluding hydrogens is 713 g/mol. The number of rotatable bonds is 6. The average Bonchev–Trinajstić information content (AvgIpc) is 3.56. The van der Waals surface area contributed by atoms with E-state index in [1.807, 2.05) is 0 Å². The van der Waals surface area contributed by atoms with Crippen LogP contribution in [0.4, 0.5) is 0 Å². The maximum atomic E-state index is 5.56.